The summed E-state index contributed by atoms with van der Waals surface area (Å²) in [5.74, 6) is 1.54. The van der Waals surface area contributed by atoms with Crippen molar-refractivity contribution < 1.29 is 14.3 Å². The van der Waals surface area contributed by atoms with Gasteiger partial charge in [-0.1, -0.05) is 6.92 Å². The first-order valence-corrected chi connectivity index (χ1v) is 12.3. The van der Waals surface area contributed by atoms with Crippen molar-refractivity contribution in [3.05, 3.63) is 22.6 Å². The lowest BCUT2D eigenvalue weighted by molar-refractivity contribution is -0.116. The summed E-state index contributed by atoms with van der Waals surface area (Å²) in [5, 5.41) is 11.8. The molecule has 5 rings (SSSR count). The van der Waals surface area contributed by atoms with E-state index >= 15 is 0 Å². The zero-order valence-electron chi connectivity index (χ0n) is 17.7. The van der Waals surface area contributed by atoms with Crippen molar-refractivity contribution >= 4 is 43.8 Å². The summed E-state index contributed by atoms with van der Waals surface area (Å²) in [6, 6.07) is 4.36. The van der Waals surface area contributed by atoms with Crippen LogP contribution < -0.4 is 25.4 Å². The summed E-state index contributed by atoms with van der Waals surface area (Å²) >= 11 is 3.30. The van der Waals surface area contributed by atoms with Crippen molar-refractivity contribution in [3.8, 4) is 22.1 Å². The van der Waals surface area contributed by atoms with Gasteiger partial charge in [-0.25, -0.2) is 4.98 Å². The molecular weight excluding hydrogens is 432 g/mol. The zero-order chi connectivity index (χ0) is 21.4. The normalized spacial score (nSPS) is 15.8. The molecule has 31 heavy (non-hydrogen) atoms. The number of benzene rings is 1. The minimum absolute atomic E-state index is 0.0329. The monoisotopic (exact) mass is 458 g/mol. The number of nitrogens with one attached hydrogen (secondary N) is 3. The fourth-order valence-corrected chi connectivity index (χ4v) is 6.19. The highest BCUT2D eigenvalue weighted by atomic mass is 32.1. The highest BCUT2D eigenvalue weighted by molar-refractivity contribution is 7.23. The Kier molecular flexibility index (Phi) is 5.83. The molecule has 9 heteroatoms. The van der Waals surface area contributed by atoms with Gasteiger partial charge in [0.1, 0.15) is 10.0 Å². The lowest BCUT2D eigenvalue weighted by Gasteiger charge is -2.13. The lowest BCUT2D eigenvalue weighted by Crippen LogP contribution is -2.28. The molecule has 164 valence electrons. The summed E-state index contributed by atoms with van der Waals surface area (Å²) in [7, 11) is 0. The van der Waals surface area contributed by atoms with Gasteiger partial charge >= 0.3 is 0 Å². The molecular formula is C22H26N4O3S2. The van der Waals surface area contributed by atoms with Crippen LogP contribution in [0.1, 0.15) is 37.1 Å². The molecule has 0 saturated heterocycles. The standard InChI is InChI=1S/C22H26N4O3S2/c1-3-12(2)24-7-5-19(27)26-22-20(13-4-6-23-10-18(13)31-22)21-25-14-8-15-16(29-11-28-15)9-17(14)30-21/h8-9,12,23-24H,3-7,10-11H2,1-2H3,(H,26,27). The van der Waals surface area contributed by atoms with Crippen molar-refractivity contribution in [2.24, 2.45) is 0 Å². The smallest absolute Gasteiger partial charge is 0.231 e. The van der Waals surface area contributed by atoms with Gasteiger partial charge in [-0.2, -0.15) is 0 Å². The van der Waals surface area contributed by atoms with E-state index < -0.39 is 0 Å². The highest BCUT2D eigenvalue weighted by Gasteiger charge is 2.26. The number of carbonyl (C=O) groups is 1. The first kappa shape index (κ1) is 20.7. The van der Waals surface area contributed by atoms with E-state index in [4.69, 9.17) is 14.5 Å². The predicted octanol–water partition coefficient (Wildman–Crippen LogP) is 4.12. The quantitative estimate of drug-likeness (QED) is 0.494. The summed E-state index contributed by atoms with van der Waals surface area (Å²) in [4.78, 5) is 18.9. The molecule has 2 aromatic heterocycles. The van der Waals surface area contributed by atoms with Gasteiger partial charge in [0.25, 0.3) is 0 Å². The van der Waals surface area contributed by atoms with Gasteiger partial charge in [0.15, 0.2) is 11.5 Å². The molecule has 7 nitrogen and oxygen atoms in total. The van der Waals surface area contributed by atoms with E-state index in [2.05, 4.69) is 29.8 Å². The zero-order valence-corrected chi connectivity index (χ0v) is 19.3. The Morgan fingerprint density at radius 2 is 2.13 bits per heavy atom. The third kappa shape index (κ3) is 4.15. The summed E-state index contributed by atoms with van der Waals surface area (Å²) in [5.41, 5.74) is 3.27. The van der Waals surface area contributed by atoms with E-state index in [1.807, 2.05) is 12.1 Å². The number of nitrogens with zero attached hydrogens (tertiary/aromatic N) is 1. The molecule has 0 aliphatic carbocycles. The van der Waals surface area contributed by atoms with E-state index in [-0.39, 0.29) is 12.7 Å². The molecule has 1 amide bonds. The van der Waals surface area contributed by atoms with Crippen LogP contribution in [0.3, 0.4) is 0 Å². The first-order valence-electron chi connectivity index (χ1n) is 10.7. The molecule has 0 fully saturated rings. The van der Waals surface area contributed by atoms with Crippen LogP contribution in [0.4, 0.5) is 5.00 Å². The number of aromatic nitrogens is 1. The maximum Gasteiger partial charge on any atom is 0.231 e. The molecule has 0 bridgehead atoms. The van der Waals surface area contributed by atoms with Gasteiger partial charge in [-0.3, -0.25) is 4.79 Å². The molecule has 3 N–H and O–H groups in total. The topological polar surface area (TPSA) is 84.5 Å². The van der Waals surface area contributed by atoms with Gasteiger partial charge in [0.2, 0.25) is 12.7 Å². The minimum atomic E-state index is 0.0329. The van der Waals surface area contributed by atoms with Gasteiger partial charge in [-0.05, 0) is 31.9 Å². The van der Waals surface area contributed by atoms with Crippen molar-refractivity contribution in [2.45, 2.75) is 45.7 Å². The number of thiophene rings is 1. The van der Waals surface area contributed by atoms with Crippen LogP contribution in [0.15, 0.2) is 12.1 Å². The molecule has 1 atom stereocenters. The van der Waals surface area contributed by atoms with E-state index in [0.717, 1.165) is 63.2 Å². The largest absolute Gasteiger partial charge is 0.454 e. The average Bonchev–Trinajstić information content (AvgIpc) is 3.46. The molecule has 4 heterocycles. The van der Waals surface area contributed by atoms with Crippen LogP contribution >= 0.6 is 22.7 Å². The highest BCUT2D eigenvalue weighted by Crippen LogP contribution is 2.46. The van der Waals surface area contributed by atoms with Crippen molar-refractivity contribution in [1.82, 2.24) is 15.6 Å². The second kappa shape index (κ2) is 8.74. The SMILES string of the molecule is CCC(C)NCCC(=O)Nc1sc2c(c1-c1nc3cc4c(cc3s1)OCO4)CCNC2. The Morgan fingerprint density at radius 1 is 1.29 bits per heavy atom. The van der Waals surface area contributed by atoms with Gasteiger partial charge in [0.05, 0.1) is 10.2 Å². The fraction of sp³-hybridized carbons (Fsp3) is 0.455. The van der Waals surface area contributed by atoms with E-state index in [1.165, 1.54) is 10.4 Å². The number of amides is 1. The van der Waals surface area contributed by atoms with E-state index in [1.54, 1.807) is 22.7 Å². The Labute approximate surface area is 189 Å². The number of anilines is 1. The van der Waals surface area contributed by atoms with Gasteiger partial charge in [-0.15, -0.1) is 22.7 Å². The van der Waals surface area contributed by atoms with Crippen LogP contribution in [0, 0.1) is 0 Å². The van der Waals surface area contributed by atoms with Crippen LogP contribution in [0.5, 0.6) is 11.5 Å². The lowest BCUT2D eigenvalue weighted by atomic mass is 10.0. The maximum atomic E-state index is 12.7. The number of rotatable bonds is 7. The molecule has 0 radical (unpaired) electrons. The molecule has 2 aliphatic heterocycles. The number of ether oxygens (including phenoxy) is 2. The maximum absolute atomic E-state index is 12.7. The van der Waals surface area contributed by atoms with Gasteiger partial charge < -0.3 is 25.4 Å². The number of carbonyl (C=O) groups excluding carboxylic acids is 1. The molecule has 2 aliphatic rings. The van der Waals surface area contributed by atoms with Crippen molar-refractivity contribution in [1.29, 1.82) is 0 Å². The summed E-state index contributed by atoms with van der Waals surface area (Å²) in [6.45, 7) is 6.97. The Hall–Kier alpha value is -2.20. The van der Waals surface area contributed by atoms with Crippen LogP contribution in [-0.4, -0.2) is 36.8 Å². The molecule has 3 aromatic rings. The second-order valence-corrected chi connectivity index (χ2v) is 10.0. The van der Waals surface area contributed by atoms with Crippen LogP contribution in [0.25, 0.3) is 20.8 Å². The average molecular weight is 459 g/mol. The van der Waals surface area contributed by atoms with Crippen molar-refractivity contribution in [2.75, 3.05) is 25.2 Å². The summed E-state index contributed by atoms with van der Waals surface area (Å²) < 4.78 is 12.1. The fourth-order valence-electron chi connectivity index (χ4n) is 3.84. The first-order chi connectivity index (χ1) is 15.1. The van der Waals surface area contributed by atoms with Crippen LogP contribution in [-0.2, 0) is 17.8 Å². The van der Waals surface area contributed by atoms with Gasteiger partial charge in [0, 0.05) is 48.1 Å². The molecule has 0 spiro atoms. The number of fused-ring (bicyclic) bond motifs is 3. The van der Waals surface area contributed by atoms with Crippen LogP contribution in [0.2, 0.25) is 0 Å². The summed E-state index contributed by atoms with van der Waals surface area (Å²) in [6.07, 6.45) is 2.44. The molecule has 0 saturated carbocycles. The number of hydrogen-bond acceptors (Lipinski definition) is 8. The minimum Gasteiger partial charge on any atom is -0.454 e. The second-order valence-electron chi connectivity index (χ2n) is 7.89. The van der Waals surface area contributed by atoms with Crippen molar-refractivity contribution in [3.63, 3.8) is 0 Å². The molecule has 1 aromatic carbocycles. The van der Waals surface area contributed by atoms with E-state index in [9.17, 15) is 4.79 Å². The Balaban J connectivity index is 1.44. The predicted molar refractivity (Wildman–Crippen MR) is 125 cm³/mol. The number of hydrogen-bond donors (Lipinski definition) is 3. The Morgan fingerprint density at radius 3 is 2.97 bits per heavy atom. The van der Waals surface area contributed by atoms with E-state index in [0.29, 0.717) is 19.0 Å². The molecule has 1 unspecified atom stereocenters. The number of thiazole rings is 1. The third-order valence-corrected chi connectivity index (χ3v) is 7.92. The third-order valence-electron chi connectivity index (χ3n) is 5.73. The Bertz CT molecular complexity index is 1080.